The van der Waals surface area contributed by atoms with Gasteiger partial charge in [0.1, 0.15) is 0 Å². The maximum atomic E-state index is 13.3. The molecule has 1 amide bonds. The molecule has 0 radical (unpaired) electrons. The van der Waals surface area contributed by atoms with Gasteiger partial charge in [0, 0.05) is 40.4 Å². The monoisotopic (exact) mass is 456 g/mol. The molecular weight excluding hydrogens is 424 g/mol. The molecule has 0 spiro atoms. The van der Waals surface area contributed by atoms with Crippen molar-refractivity contribution < 1.29 is 4.79 Å². The predicted octanol–water partition coefficient (Wildman–Crippen LogP) is 4.17. The number of para-hydroxylation sites is 1. The van der Waals surface area contributed by atoms with Crippen LogP contribution in [0.5, 0.6) is 0 Å². The molecule has 1 aromatic carbocycles. The van der Waals surface area contributed by atoms with Gasteiger partial charge in [0.2, 0.25) is 0 Å². The molecule has 1 fully saturated rings. The van der Waals surface area contributed by atoms with Gasteiger partial charge < -0.3 is 20.2 Å². The van der Waals surface area contributed by atoms with Gasteiger partial charge in [-0.05, 0) is 77.2 Å². The summed E-state index contributed by atoms with van der Waals surface area (Å²) in [6.07, 6.45) is 2.29. The molecule has 1 aliphatic heterocycles. The van der Waals surface area contributed by atoms with Gasteiger partial charge in [-0.25, -0.2) is 0 Å². The molecule has 2 aromatic heterocycles. The minimum Gasteiger partial charge on any atom is -0.348 e. The van der Waals surface area contributed by atoms with E-state index in [0.717, 1.165) is 53.8 Å². The van der Waals surface area contributed by atoms with Crippen molar-refractivity contribution in [1.82, 2.24) is 20.2 Å². The molecule has 32 heavy (non-hydrogen) atoms. The van der Waals surface area contributed by atoms with E-state index in [9.17, 15) is 9.59 Å². The molecule has 0 unspecified atom stereocenters. The van der Waals surface area contributed by atoms with Crippen molar-refractivity contribution in [2.24, 2.45) is 5.92 Å². The first-order valence-electron chi connectivity index (χ1n) is 11.2. The fourth-order valence-electron chi connectivity index (χ4n) is 5.10. The second-order valence-corrected chi connectivity index (χ2v) is 8.80. The second-order valence-electron chi connectivity index (χ2n) is 8.80. The van der Waals surface area contributed by atoms with E-state index in [-0.39, 0.29) is 30.4 Å². The zero-order valence-corrected chi connectivity index (χ0v) is 20.1. The minimum absolute atomic E-state index is 0. The fourth-order valence-corrected chi connectivity index (χ4v) is 5.10. The van der Waals surface area contributed by atoms with Gasteiger partial charge in [-0.2, -0.15) is 0 Å². The Hall–Kier alpha value is -2.57. The van der Waals surface area contributed by atoms with Crippen molar-refractivity contribution >= 4 is 29.2 Å². The molecule has 0 bridgehead atoms. The number of hydrogen-bond donors (Lipinski definition) is 3. The molecule has 4 rings (SSSR count). The number of rotatable bonds is 5. The highest BCUT2D eigenvalue weighted by Gasteiger charge is 2.27. The van der Waals surface area contributed by atoms with Crippen LogP contribution in [0.1, 0.15) is 58.7 Å². The van der Waals surface area contributed by atoms with Crippen molar-refractivity contribution in [3.8, 4) is 0 Å². The molecule has 1 aliphatic rings. The Labute approximate surface area is 195 Å². The van der Waals surface area contributed by atoms with Gasteiger partial charge >= 0.3 is 0 Å². The summed E-state index contributed by atoms with van der Waals surface area (Å²) in [5.74, 6) is 0.449. The number of aryl methyl sites for hydroxylation is 2. The third kappa shape index (κ3) is 4.48. The van der Waals surface area contributed by atoms with Crippen molar-refractivity contribution in [2.75, 3.05) is 13.1 Å². The number of H-pyrrole nitrogens is 1. The first-order valence-corrected chi connectivity index (χ1v) is 11.2. The van der Waals surface area contributed by atoms with Gasteiger partial charge in [0.15, 0.2) is 0 Å². The van der Waals surface area contributed by atoms with Gasteiger partial charge in [-0.1, -0.05) is 18.2 Å². The second kappa shape index (κ2) is 9.92. The van der Waals surface area contributed by atoms with Crippen LogP contribution < -0.4 is 16.2 Å². The number of fused-ring (bicyclic) bond motifs is 1. The van der Waals surface area contributed by atoms with Crippen LogP contribution in [-0.4, -0.2) is 28.5 Å². The Morgan fingerprint density at radius 3 is 2.56 bits per heavy atom. The molecule has 1 atom stereocenters. The maximum Gasteiger partial charge on any atom is 0.254 e. The average molecular weight is 457 g/mol. The number of pyridine rings is 1. The quantitative estimate of drug-likeness (QED) is 0.539. The van der Waals surface area contributed by atoms with E-state index >= 15 is 0 Å². The molecule has 6 nitrogen and oxygen atoms in total. The van der Waals surface area contributed by atoms with Gasteiger partial charge in [0.25, 0.3) is 11.5 Å². The highest BCUT2D eigenvalue weighted by atomic mass is 35.5. The first kappa shape index (κ1) is 24.1. The van der Waals surface area contributed by atoms with Crippen LogP contribution >= 0.6 is 12.4 Å². The van der Waals surface area contributed by atoms with Crippen molar-refractivity contribution in [1.29, 1.82) is 0 Å². The molecule has 0 saturated carbocycles. The number of nitrogens with zero attached hydrogens (tertiary/aromatic N) is 1. The predicted molar refractivity (Wildman–Crippen MR) is 132 cm³/mol. The van der Waals surface area contributed by atoms with E-state index < -0.39 is 0 Å². The third-order valence-corrected chi connectivity index (χ3v) is 6.78. The number of halogens is 1. The molecule has 172 valence electrons. The lowest BCUT2D eigenvalue weighted by molar-refractivity contribution is 0.0951. The van der Waals surface area contributed by atoms with Crippen LogP contribution in [0.15, 0.2) is 35.1 Å². The number of amides is 1. The number of aromatic amines is 1. The zero-order valence-electron chi connectivity index (χ0n) is 19.2. The van der Waals surface area contributed by atoms with Crippen LogP contribution in [0.3, 0.4) is 0 Å². The van der Waals surface area contributed by atoms with E-state index in [4.69, 9.17) is 0 Å². The highest BCUT2D eigenvalue weighted by molar-refractivity contribution is 6.08. The number of hydrogen-bond acceptors (Lipinski definition) is 3. The standard InChI is InChI=1S/C25H32N4O2.ClH/c1-15-13-16(2)28-24(30)21(15)14-27-25(31)23-18(4)29(22-8-6-5-7-20(22)23)17(3)19-9-11-26-12-10-19;/h5-8,13,17,19,26H,9-12,14H2,1-4H3,(H,27,31)(H,28,30);1H/t17-;/m0./s1. The molecular formula is C25H33ClN4O2. The molecule has 7 heteroatoms. The van der Waals surface area contributed by atoms with E-state index in [1.165, 1.54) is 0 Å². The lowest BCUT2D eigenvalue weighted by atomic mass is 9.91. The molecule has 3 aromatic rings. The summed E-state index contributed by atoms with van der Waals surface area (Å²) < 4.78 is 2.34. The summed E-state index contributed by atoms with van der Waals surface area (Å²) in [6, 6.07) is 10.4. The SMILES string of the molecule is Cc1cc(C)c(CNC(=O)c2c(C)n([C@@H](C)C3CCNCC3)c3ccccc23)c(=O)[nH]1.Cl. The van der Waals surface area contributed by atoms with Gasteiger partial charge in [-0.3, -0.25) is 9.59 Å². The zero-order chi connectivity index (χ0) is 22.1. The third-order valence-electron chi connectivity index (χ3n) is 6.78. The topological polar surface area (TPSA) is 78.9 Å². The number of nitrogens with one attached hydrogen (secondary N) is 3. The highest BCUT2D eigenvalue weighted by Crippen LogP contribution is 2.34. The number of aromatic nitrogens is 2. The fraction of sp³-hybridized carbons (Fsp3) is 0.440. The first-order chi connectivity index (χ1) is 14.9. The smallest absolute Gasteiger partial charge is 0.254 e. The van der Waals surface area contributed by atoms with Crippen molar-refractivity contribution in [3.63, 3.8) is 0 Å². The Balaban J connectivity index is 0.00000289. The number of carbonyl (C=O) groups is 1. The summed E-state index contributed by atoms with van der Waals surface area (Å²) in [5.41, 5.74) is 4.96. The summed E-state index contributed by atoms with van der Waals surface area (Å²) in [7, 11) is 0. The number of piperidine rings is 1. The van der Waals surface area contributed by atoms with Crippen LogP contribution in [0.2, 0.25) is 0 Å². The average Bonchev–Trinajstić information content (AvgIpc) is 3.04. The van der Waals surface area contributed by atoms with E-state index in [2.05, 4.69) is 33.2 Å². The lowest BCUT2D eigenvalue weighted by Crippen LogP contribution is -2.32. The summed E-state index contributed by atoms with van der Waals surface area (Å²) in [5, 5.41) is 7.40. The van der Waals surface area contributed by atoms with E-state index in [1.807, 2.05) is 45.0 Å². The van der Waals surface area contributed by atoms with E-state index in [0.29, 0.717) is 23.1 Å². The number of benzene rings is 1. The molecule has 1 saturated heterocycles. The largest absolute Gasteiger partial charge is 0.348 e. The Morgan fingerprint density at radius 1 is 1.19 bits per heavy atom. The Bertz CT molecular complexity index is 1170. The van der Waals surface area contributed by atoms with Gasteiger partial charge in [-0.15, -0.1) is 12.4 Å². The molecule has 0 aliphatic carbocycles. The van der Waals surface area contributed by atoms with Gasteiger partial charge in [0.05, 0.1) is 5.56 Å². The summed E-state index contributed by atoms with van der Waals surface area (Å²) >= 11 is 0. The lowest BCUT2D eigenvalue weighted by Gasteiger charge is -2.30. The van der Waals surface area contributed by atoms with Crippen LogP contribution in [-0.2, 0) is 6.54 Å². The van der Waals surface area contributed by atoms with E-state index in [1.54, 1.807) is 0 Å². The van der Waals surface area contributed by atoms with Crippen LogP contribution in [0.4, 0.5) is 0 Å². The normalized spacial score (nSPS) is 15.4. The van der Waals surface area contributed by atoms with Crippen LogP contribution in [0.25, 0.3) is 10.9 Å². The van der Waals surface area contributed by atoms with Crippen LogP contribution in [0, 0.1) is 26.7 Å². The summed E-state index contributed by atoms with van der Waals surface area (Å²) in [6.45, 7) is 10.4. The van der Waals surface area contributed by atoms with Crippen molar-refractivity contribution in [2.45, 2.75) is 53.1 Å². The summed E-state index contributed by atoms with van der Waals surface area (Å²) in [4.78, 5) is 28.5. The molecule has 3 N–H and O–H groups in total. The Kier molecular flexibility index (Phi) is 7.47. The number of carbonyl (C=O) groups excluding carboxylic acids is 1. The maximum absolute atomic E-state index is 13.3. The molecule has 3 heterocycles. The Morgan fingerprint density at radius 2 is 1.88 bits per heavy atom. The minimum atomic E-state index is -0.142. The van der Waals surface area contributed by atoms with Crippen molar-refractivity contribution in [3.05, 3.63) is 68.8 Å².